The first-order chi connectivity index (χ1) is 13.7. The van der Waals surface area contributed by atoms with E-state index < -0.39 is 18.4 Å². The van der Waals surface area contributed by atoms with Crippen molar-refractivity contribution in [2.45, 2.75) is 38.0 Å². The number of carbonyl (C=O) groups is 1. The van der Waals surface area contributed by atoms with Crippen molar-refractivity contribution >= 4 is 5.91 Å². The van der Waals surface area contributed by atoms with Crippen LogP contribution in [-0.4, -0.2) is 45.4 Å². The number of amides is 1. The molecule has 1 saturated heterocycles. The second kappa shape index (κ2) is 8.36. The molecule has 6 nitrogen and oxygen atoms in total. The minimum Gasteiger partial charge on any atom is -0.351 e. The van der Waals surface area contributed by atoms with Gasteiger partial charge < -0.3 is 5.32 Å². The average Bonchev–Trinajstić information content (AvgIpc) is 3.11. The molecule has 0 saturated carbocycles. The minimum atomic E-state index is -4.69. The second-order valence-corrected chi connectivity index (χ2v) is 6.72. The molecule has 0 aliphatic carbocycles. The quantitative estimate of drug-likeness (QED) is 0.760. The molecule has 156 valence electrons. The van der Waals surface area contributed by atoms with Gasteiger partial charge in [-0.3, -0.25) is 14.7 Å². The Labute approximate surface area is 163 Å². The van der Waals surface area contributed by atoms with Gasteiger partial charge in [-0.15, -0.1) is 0 Å². The van der Waals surface area contributed by atoms with E-state index in [1.165, 1.54) is 6.07 Å². The van der Waals surface area contributed by atoms with Crippen LogP contribution in [0.4, 0.5) is 22.0 Å². The van der Waals surface area contributed by atoms with Gasteiger partial charge in [0, 0.05) is 36.3 Å². The number of pyridine rings is 1. The first kappa shape index (κ1) is 21.0. The molecule has 2 aromatic rings. The van der Waals surface area contributed by atoms with E-state index in [1.54, 1.807) is 0 Å². The largest absolute Gasteiger partial charge is 0.451 e. The van der Waals surface area contributed by atoms with Crippen LogP contribution < -0.4 is 5.32 Å². The van der Waals surface area contributed by atoms with Crippen molar-refractivity contribution in [3.8, 4) is 11.3 Å². The highest BCUT2D eigenvalue weighted by atomic mass is 19.4. The van der Waals surface area contributed by atoms with E-state index in [0.717, 1.165) is 31.6 Å². The molecule has 0 spiro atoms. The monoisotopic (exact) mass is 415 g/mol. The predicted octanol–water partition coefficient (Wildman–Crippen LogP) is 3.21. The van der Waals surface area contributed by atoms with E-state index in [2.05, 4.69) is 20.3 Å². The van der Waals surface area contributed by atoms with E-state index in [4.69, 9.17) is 0 Å². The van der Waals surface area contributed by atoms with E-state index in [1.807, 2.05) is 11.9 Å². The third-order valence-corrected chi connectivity index (χ3v) is 4.74. The second-order valence-electron chi connectivity index (χ2n) is 6.72. The van der Waals surface area contributed by atoms with E-state index in [0.29, 0.717) is 6.42 Å². The lowest BCUT2D eigenvalue weighted by molar-refractivity contribution is -0.145. The predicted molar refractivity (Wildman–Crippen MR) is 92.7 cm³/mol. The van der Waals surface area contributed by atoms with Gasteiger partial charge in [0.15, 0.2) is 0 Å². The van der Waals surface area contributed by atoms with Crippen LogP contribution in [0, 0.1) is 0 Å². The Kier molecular flexibility index (Phi) is 6.06. The Hall–Kier alpha value is -2.69. The van der Waals surface area contributed by atoms with Gasteiger partial charge in [0.2, 0.25) is 11.7 Å². The fourth-order valence-electron chi connectivity index (χ4n) is 3.16. The van der Waals surface area contributed by atoms with Crippen LogP contribution in [-0.2, 0) is 17.5 Å². The Bertz CT molecular complexity index is 872. The summed E-state index contributed by atoms with van der Waals surface area (Å²) < 4.78 is 64.4. The van der Waals surface area contributed by atoms with Crippen LogP contribution in [0.25, 0.3) is 11.3 Å². The number of rotatable bonds is 5. The number of carbonyl (C=O) groups excluding carboxylic acids is 1. The van der Waals surface area contributed by atoms with Crippen LogP contribution in [0.1, 0.15) is 36.2 Å². The van der Waals surface area contributed by atoms with Gasteiger partial charge in [-0.05, 0) is 38.1 Å². The summed E-state index contributed by atoms with van der Waals surface area (Å²) in [6.45, 7) is 0.632. The molecule has 2 aromatic heterocycles. The topological polar surface area (TPSA) is 71.0 Å². The molecule has 1 aliphatic heterocycles. The molecule has 1 aliphatic rings. The van der Waals surface area contributed by atoms with Gasteiger partial charge in [0.05, 0.1) is 11.7 Å². The molecule has 1 amide bonds. The summed E-state index contributed by atoms with van der Waals surface area (Å²) in [7, 11) is 1.82. The molecule has 3 heterocycles. The van der Waals surface area contributed by atoms with E-state index >= 15 is 0 Å². The summed E-state index contributed by atoms with van der Waals surface area (Å²) in [5, 5.41) is 2.65. The molecule has 1 N–H and O–H groups in total. The van der Waals surface area contributed by atoms with Crippen molar-refractivity contribution in [1.29, 1.82) is 0 Å². The molecule has 1 fully saturated rings. The van der Waals surface area contributed by atoms with Crippen molar-refractivity contribution < 1.29 is 26.7 Å². The zero-order valence-electron chi connectivity index (χ0n) is 15.4. The van der Waals surface area contributed by atoms with Crippen molar-refractivity contribution in [3.05, 3.63) is 41.6 Å². The number of nitrogens with one attached hydrogen (secondary N) is 1. The molecular formula is C18H18F5N5O. The maximum Gasteiger partial charge on any atom is 0.451 e. The van der Waals surface area contributed by atoms with Crippen LogP contribution >= 0.6 is 0 Å². The Morgan fingerprint density at radius 1 is 1.24 bits per heavy atom. The summed E-state index contributed by atoms with van der Waals surface area (Å²) in [4.78, 5) is 24.6. The summed E-state index contributed by atoms with van der Waals surface area (Å²) in [5.41, 5.74) is 0.0350. The number of aromatic nitrogens is 3. The fourth-order valence-corrected chi connectivity index (χ4v) is 3.16. The number of likely N-dealkylation sites (N-methyl/N-ethyl adjacent to an activating group) is 1. The standard InChI is InChI=1S/C18H18F5N5O/c1-28-4-2-3-14(28)16(29)25-6-10-5-13(24-9-12(10)15(19)20)11-7-26-17(27-8-11)18(21,22)23/h5,7-9,14-15H,2-4,6H2,1H3,(H,25,29)/t14-/m0/s1. The third-order valence-electron chi connectivity index (χ3n) is 4.74. The van der Waals surface area contributed by atoms with Crippen LogP contribution in [0.5, 0.6) is 0 Å². The Morgan fingerprint density at radius 3 is 2.48 bits per heavy atom. The molecule has 0 unspecified atom stereocenters. The number of hydrogen-bond donors (Lipinski definition) is 1. The summed E-state index contributed by atoms with van der Waals surface area (Å²) in [6, 6.07) is 0.987. The van der Waals surface area contributed by atoms with Gasteiger partial charge in [0.25, 0.3) is 6.43 Å². The molecule has 29 heavy (non-hydrogen) atoms. The molecule has 11 heteroatoms. The Balaban J connectivity index is 1.81. The first-order valence-electron chi connectivity index (χ1n) is 8.81. The Morgan fingerprint density at radius 2 is 1.93 bits per heavy atom. The van der Waals surface area contributed by atoms with Crippen LogP contribution in [0.15, 0.2) is 24.7 Å². The lowest BCUT2D eigenvalue weighted by atomic mass is 10.1. The van der Waals surface area contributed by atoms with E-state index in [9.17, 15) is 26.7 Å². The van der Waals surface area contributed by atoms with E-state index in [-0.39, 0.29) is 40.9 Å². The SMILES string of the molecule is CN1CCC[C@H]1C(=O)NCc1cc(-c2cnc(C(F)(F)F)nc2)ncc1C(F)F. The van der Waals surface area contributed by atoms with Gasteiger partial charge in [-0.25, -0.2) is 18.7 Å². The summed E-state index contributed by atoms with van der Waals surface area (Å²) >= 11 is 0. The number of hydrogen-bond acceptors (Lipinski definition) is 5. The fraction of sp³-hybridized carbons (Fsp3) is 0.444. The minimum absolute atomic E-state index is 0.124. The highest BCUT2D eigenvalue weighted by molar-refractivity contribution is 5.82. The maximum atomic E-state index is 13.3. The zero-order chi connectivity index (χ0) is 21.2. The number of alkyl halides is 5. The number of likely N-dealkylation sites (tertiary alicyclic amines) is 1. The molecule has 0 radical (unpaired) electrons. The van der Waals surface area contributed by atoms with Gasteiger partial charge in [-0.2, -0.15) is 13.2 Å². The van der Waals surface area contributed by atoms with Crippen molar-refractivity contribution in [2.24, 2.45) is 0 Å². The smallest absolute Gasteiger partial charge is 0.351 e. The normalized spacial score (nSPS) is 17.7. The number of nitrogens with zero attached hydrogens (tertiary/aromatic N) is 4. The van der Waals surface area contributed by atoms with Crippen molar-refractivity contribution in [2.75, 3.05) is 13.6 Å². The number of halogens is 5. The summed E-state index contributed by atoms with van der Waals surface area (Å²) in [5.74, 6) is -1.57. The summed E-state index contributed by atoms with van der Waals surface area (Å²) in [6.07, 6.45) is -3.14. The molecule has 1 atom stereocenters. The van der Waals surface area contributed by atoms with Gasteiger partial charge in [-0.1, -0.05) is 0 Å². The average molecular weight is 415 g/mol. The van der Waals surface area contributed by atoms with Crippen molar-refractivity contribution in [1.82, 2.24) is 25.2 Å². The molecule has 0 aromatic carbocycles. The van der Waals surface area contributed by atoms with Gasteiger partial charge in [0.1, 0.15) is 0 Å². The van der Waals surface area contributed by atoms with Crippen molar-refractivity contribution in [3.63, 3.8) is 0 Å². The molecule has 0 bridgehead atoms. The maximum absolute atomic E-state index is 13.3. The zero-order valence-corrected chi connectivity index (χ0v) is 15.4. The highest BCUT2D eigenvalue weighted by Gasteiger charge is 2.34. The lowest BCUT2D eigenvalue weighted by Gasteiger charge is -2.19. The highest BCUT2D eigenvalue weighted by Crippen LogP contribution is 2.28. The molecular weight excluding hydrogens is 397 g/mol. The molecule has 3 rings (SSSR count). The first-order valence-corrected chi connectivity index (χ1v) is 8.81. The van der Waals surface area contributed by atoms with Crippen LogP contribution in [0.3, 0.4) is 0 Å². The van der Waals surface area contributed by atoms with Crippen LogP contribution in [0.2, 0.25) is 0 Å². The third kappa shape index (κ3) is 4.84. The lowest BCUT2D eigenvalue weighted by Crippen LogP contribution is -2.41. The van der Waals surface area contributed by atoms with Gasteiger partial charge >= 0.3 is 6.18 Å².